The van der Waals surface area contributed by atoms with Crippen LogP contribution in [-0.4, -0.2) is 37.5 Å². The van der Waals surface area contributed by atoms with Crippen LogP contribution in [0.4, 0.5) is 0 Å². The highest BCUT2D eigenvalue weighted by Crippen LogP contribution is 2.17. The molecule has 1 heterocycles. The maximum atomic E-state index is 11.9. The lowest BCUT2D eigenvalue weighted by Gasteiger charge is -2.32. The fraction of sp³-hybridized carbons (Fsp3) is 0.769. The van der Waals surface area contributed by atoms with Gasteiger partial charge in [-0.3, -0.25) is 4.79 Å². The van der Waals surface area contributed by atoms with Gasteiger partial charge in [-0.05, 0) is 45.2 Å². The topological polar surface area (TPSA) is 32.3 Å². The van der Waals surface area contributed by atoms with Gasteiger partial charge < -0.3 is 10.2 Å². The average molecular weight is 297 g/mol. The number of piperidine rings is 1. The predicted octanol–water partition coefficient (Wildman–Crippen LogP) is 2.64. The third-order valence-electron chi connectivity index (χ3n) is 3.16. The minimum absolute atomic E-state index is 0. The van der Waals surface area contributed by atoms with E-state index in [-0.39, 0.29) is 24.8 Å². The molecule has 1 unspecified atom stereocenters. The first kappa shape index (κ1) is 20.1. The van der Waals surface area contributed by atoms with Crippen molar-refractivity contribution in [1.29, 1.82) is 0 Å². The highest BCUT2D eigenvalue weighted by atomic mass is 35.5. The van der Waals surface area contributed by atoms with Crippen molar-refractivity contribution in [3.05, 3.63) is 12.7 Å². The lowest BCUT2D eigenvalue weighted by molar-refractivity contribution is -0.133. The summed E-state index contributed by atoms with van der Waals surface area (Å²) < 4.78 is 0. The lowest BCUT2D eigenvalue weighted by atomic mass is 9.97. The highest BCUT2D eigenvalue weighted by molar-refractivity contribution is 5.85. The van der Waals surface area contributed by atoms with Gasteiger partial charge in [0.05, 0.1) is 0 Å². The van der Waals surface area contributed by atoms with Crippen LogP contribution in [0.15, 0.2) is 12.7 Å². The molecule has 1 amide bonds. The van der Waals surface area contributed by atoms with Gasteiger partial charge in [0.25, 0.3) is 0 Å². The molecule has 0 spiro atoms. The minimum Gasteiger partial charge on any atom is -0.342 e. The molecule has 0 saturated carbocycles. The molecule has 1 aliphatic rings. The van der Waals surface area contributed by atoms with Crippen molar-refractivity contribution in [3.8, 4) is 0 Å². The number of likely N-dealkylation sites (tertiary alicyclic amines) is 1. The summed E-state index contributed by atoms with van der Waals surface area (Å²) in [5, 5.41) is 3.20. The summed E-state index contributed by atoms with van der Waals surface area (Å²) in [5.41, 5.74) is 0. The van der Waals surface area contributed by atoms with E-state index in [4.69, 9.17) is 0 Å². The summed E-state index contributed by atoms with van der Waals surface area (Å²) in [6.07, 6.45) is 6.84. The lowest BCUT2D eigenvalue weighted by Crippen LogP contribution is -2.42. The molecule has 108 valence electrons. The second-order valence-electron chi connectivity index (χ2n) is 4.59. The van der Waals surface area contributed by atoms with Gasteiger partial charge in [0.1, 0.15) is 0 Å². The standard InChI is InChI=1S/C13H24N2O.2ClH/c1-3-4-5-8-13(16)15-9-6-7-12(11-15)10-14-2;;/h3,12,14H,1,4-11H2,2H3;2*1H. The van der Waals surface area contributed by atoms with Crippen molar-refractivity contribution in [2.24, 2.45) is 5.92 Å². The van der Waals surface area contributed by atoms with E-state index >= 15 is 0 Å². The molecule has 0 aromatic heterocycles. The molecule has 0 bridgehead atoms. The number of hydrogen-bond donors (Lipinski definition) is 1. The normalized spacial score (nSPS) is 18.5. The number of allylic oxidation sites excluding steroid dienone is 1. The Kier molecular flexibility index (Phi) is 13.2. The number of carbonyl (C=O) groups excluding carboxylic acids is 1. The number of amides is 1. The largest absolute Gasteiger partial charge is 0.342 e. The molecular formula is C13H26Cl2N2O. The molecule has 0 aromatic carbocycles. The second-order valence-corrected chi connectivity index (χ2v) is 4.59. The Bertz CT molecular complexity index is 235. The number of nitrogens with one attached hydrogen (secondary N) is 1. The molecule has 5 heteroatoms. The van der Waals surface area contributed by atoms with E-state index in [0.29, 0.717) is 18.2 Å². The zero-order chi connectivity index (χ0) is 11.8. The number of carbonyl (C=O) groups is 1. The van der Waals surface area contributed by atoms with Crippen molar-refractivity contribution >= 4 is 30.7 Å². The predicted molar refractivity (Wildman–Crippen MR) is 81.8 cm³/mol. The average Bonchev–Trinajstić information content (AvgIpc) is 2.30. The molecule has 0 aliphatic carbocycles. The van der Waals surface area contributed by atoms with Crippen LogP contribution in [0.1, 0.15) is 32.1 Å². The zero-order valence-corrected chi connectivity index (χ0v) is 12.8. The molecule has 3 nitrogen and oxygen atoms in total. The Morgan fingerprint density at radius 3 is 2.83 bits per heavy atom. The minimum atomic E-state index is 0. The fourth-order valence-electron chi connectivity index (χ4n) is 2.30. The van der Waals surface area contributed by atoms with E-state index in [1.54, 1.807) is 0 Å². The maximum absolute atomic E-state index is 11.9. The Morgan fingerprint density at radius 1 is 1.50 bits per heavy atom. The molecule has 1 aliphatic heterocycles. The van der Waals surface area contributed by atoms with E-state index in [1.807, 2.05) is 18.0 Å². The maximum Gasteiger partial charge on any atom is 0.222 e. The quantitative estimate of drug-likeness (QED) is 0.604. The molecule has 18 heavy (non-hydrogen) atoms. The Morgan fingerprint density at radius 2 is 2.22 bits per heavy atom. The molecular weight excluding hydrogens is 271 g/mol. The van der Waals surface area contributed by atoms with E-state index in [2.05, 4.69) is 11.9 Å². The van der Waals surface area contributed by atoms with Gasteiger partial charge in [0.15, 0.2) is 0 Å². The number of nitrogens with zero attached hydrogens (tertiary/aromatic N) is 1. The molecule has 0 aromatic rings. The summed E-state index contributed by atoms with van der Waals surface area (Å²) >= 11 is 0. The van der Waals surface area contributed by atoms with E-state index in [1.165, 1.54) is 6.42 Å². The first-order chi connectivity index (χ1) is 7.77. The van der Waals surface area contributed by atoms with E-state index in [9.17, 15) is 4.79 Å². The smallest absolute Gasteiger partial charge is 0.222 e. The van der Waals surface area contributed by atoms with Gasteiger partial charge in [0, 0.05) is 19.5 Å². The van der Waals surface area contributed by atoms with Crippen LogP contribution in [0, 0.1) is 5.92 Å². The third-order valence-corrected chi connectivity index (χ3v) is 3.16. The van der Waals surface area contributed by atoms with Crippen LogP contribution in [0.25, 0.3) is 0 Å². The van der Waals surface area contributed by atoms with Crippen LogP contribution < -0.4 is 5.32 Å². The van der Waals surface area contributed by atoms with Crippen LogP contribution in [0.5, 0.6) is 0 Å². The third kappa shape index (κ3) is 7.24. The fourth-order valence-corrected chi connectivity index (χ4v) is 2.30. The van der Waals surface area contributed by atoms with Crippen molar-refractivity contribution in [2.45, 2.75) is 32.1 Å². The van der Waals surface area contributed by atoms with Crippen molar-refractivity contribution in [2.75, 3.05) is 26.7 Å². The van der Waals surface area contributed by atoms with Crippen molar-refractivity contribution < 1.29 is 4.79 Å². The number of halogens is 2. The summed E-state index contributed by atoms with van der Waals surface area (Å²) in [5.74, 6) is 0.963. The summed E-state index contributed by atoms with van der Waals surface area (Å²) in [4.78, 5) is 13.9. The van der Waals surface area contributed by atoms with Crippen LogP contribution in [0.3, 0.4) is 0 Å². The van der Waals surface area contributed by atoms with Crippen molar-refractivity contribution in [1.82, 2.24) is 10.2 Å². The van der Waals surface area contributed by atoms with E-state index in [0.717, 1.165) is 38.9 Å². The zero-order valence-electron chi connectivity index (χ0n) is 11.2. The number of rotatable bonds is 6. The summed E-state index contributed by atoms with van der Waals surface area (Å²) in [6.45, 7) is 6.59. The monoisotopic (exact) mass is 296 g/mol. The van der Waals surface area contributed by atoms with Crippen LogP contribution in [-0.2, 0) is 4.79 Å². The Balaban J connectivity index is 0. The van der Waals surface area contributed by atoms with Crippen LogP contribution in [0.2, 0.25) is 0 Å². The van der Waals surface area contributed by atoms with Gasteiger partial charge in [-0.15, -0.1) is 31.4 Å². The molecule has 1 atom stereocenters. The first-order valence-corrected chi connectivity index (χ1v) is 6.31. The van der Waals surface area contributed by atoms with Crippen LogP contribution >= 0.6 is 24.8 Å². The van der Waals surface area contributed by atoms with Crippen molar-refractivity contribution in [3.63, 3.8) is 0 Å². The van der Waals surface area contributed by atoms with Gasteiger partial charge in [-0.1, -0.05) is 6.08 Å². The SMILES string of the molecule is C=CCCCC(=O)N1CCCC(CNC)C1.Cl.Cl. The molecule has 1 N–H and O–H groups in total. The summed E-state index contributed by atoms with van der Waals surface area (Å²) in [6, 6.07) is 0. The Hall–Kier alpha value is -0.250. The first-order valence-electron chi connectivity index (χ1n) is 6.31. The van der Waals surface area contributed by atoms with E-state index < -0.39 is 0 Å². The van der Waals surface area contributed by atoms with Gasteiger partial charge in [-0.25, -0.2) is 0 Å². The Labute approximate surface area is 123 Å². The van der Waals surface area contributed by atoms with Gasteiger partial charge in [-0.2, -0.15) is 0 Å². The molecule has 1 fully saturated rings. The highest BCUT2D eigenvalue weighted by Gasteiger charge is 2.22. The second kappa shape index (κ2) is 11.8. The van der Waals surface area contributed by atoms with Gasteiger partial charge in [0.2, 0.25) is 5.91 Å². The van der Waals surface area contributed by atoms with Gasteiger partial charge >= 0.3 is 0 Å². The molecule has 1 rings (SSSR count). The number of hydrogen-bond acceptors (Lipinski definition) is 2. The summed E-state index contributed by atoms with van der Waals surface area (Å²) in [7, 11) is 1.98. The molecule has 0 radical (unpaired) electrons. The number of unbranched alkanes of at least 4 members (excludes halogenated alkanes) is 1. The molecule has 1 saturated heterocycles.